The zero-order chi connectivity index (χ0) is 9.19. The van der Waals surface area contributed by atoms with Gasteiger partial charge in [-0.1, -0.05) is 30.3 Å². The standard InChI is InChI=1S/C10H15NO/c1-8(11)10(2,12)9-6-4-3-5-7-9/h3-8,12H,11H2,1-2H3/t8-,10-/m1/s1. The first-order chi connectivity index (χ1) is 5.55. The third-order valence-electron chi connectivity index (χ3n) is 2.24. The van der Waals surface area contributed by atoms with Gasteiger partial charge in [0.05, 0.1) is 0 Å². The first-order valence-electron chi connectivity index (χ1n) is 4.08. The van der Waals surface area contributed by atoms with Crippen LogP contribution in [0.3, 0.4) is 0 Å². The first-order valence-corrected chi connectivity index (χ1v) is 4.08. The van der Waals surface area contributed by atoms with Crippen molar-refractivity contribution in [3.05, 3.63) is 35.9 Å². The van der Waals surface area contributed by atoms with E-state index in [-0.39, 0.29) is 6.04 Å². The van der Waals surface area contributed by atoms with Crippen LogP contribution < -0.4 is 5.73 Å². The van der Waals surface area contributed by atoms with Crippen LogP contribution in [0.2, 0.25) is 0 Å². The second-order valence-electron chi connectivity index (χ2n) is 3.30. The van der Waals surface area contributed by atoms with Gasteiger partial charge in [0, 0.05) is 6.04 Å². The van der Waals surface area contributed by atoms with Crippen molar-refractivity contribution in [3.63, 3.8) is 0 Å². The predicted octanol–water partition coefficient (Wildman–Crippen LogP) is 1.24. The molecule has 0 saturated carbocycles. The zero-order valence-corrected chi connectivity index (χ0v) is 7.49. The Balaban J connectivity index is 2.98. The molecule has 66 valence electrons. The molecule has 0 saturated heterocycles. The molecule has 0 fully saturated rings. The van der Waals surface area contributed by atoms with Crippen molar-refractivity contribution < 1.29 is 5.11 Å². The maximum absolute atomic E-state index is 9.94. The normalized spacial score (nSPS) is 18.3. The molecule has 0 unspecified atom stereocenters. The van der Waals surface area contributed by atoms with Crippen molar-refractivity contribution in [1.82, 2.24) is 0 Å². The van der Waals surface area contributed by atoms with Crippen LogP contribution in [0, 0.1) is 0 Å². The molecule has 0 amide bonds. The Labute approximate surface area is 73.0 Å². The summed E-state index contributed by atoms with van der Waals surface area (Å²) in [6.45, 7) is 3.53. The predicted molar refractivity (Wildman–Crippen MR) is 49.7 cm³/mol. The lowest BCUT2D eigenvalue weighted by Gasteiger charge is -2.27. The molecule has 12 heavy (non-hydrogen) atoms. The van der Waals surface area contributed by atoms with Crippen LogP contribution in [0.1, 0.15) is 19.4 Å². The molecular formula is C10H15NO. The number of nitrogens with two attached hydrogens (primary N) is 1. The fraction of sp³-hybridized carbons (Fsp3) is 0.400. The Hall–Kier alpha value is -0.860. The lowest BCUT2D eigenvalue weighted by Crippen LogP contribution is -2.40. The molecule has 2 heteroatoms. The van der Waals surface area contributed by atoms with Crippen LogP contribution in [0.25, 0.3) is 0 Å². The summed E-state index contributed by atoms with van der Waals surface area (Å²) in [5.41, 5.74) is 5.58. The van der Waals surface area contributed by atoms with Gasteiger partial charge in [0.1, 0.15) is 5.60 Å². The number of hydrogen-bond donors (Lipinski definition) is 2. The molecule has 0 aliphatic carbocycles. The van der Waals surface area contributed by atoms with Gasteiger partial charge < -0.3 is 10.8 Å². The summed E-state index contributed by atoms with van der Waals surface area (Å²) in [5, 5.41) is 9.94. The molecule has 0 spiro atoms. The van der Waals surface area contributed by atoms with E-state index in [9.17, 15) is 5.11 Å². The number of rotatable bonds is 2. The second kappa shape index (κ2) is 3.25. The summed E-state index contributed by atoms with van der Waals surface area (Å²) >= 11 is 0. The van der Waals surface area contributed by atoms with Crippen molar-refractivity contribution in [2.45, 2.75) is 25.5 Å². The first kappa shape index (κ1) is 9.23. The van der Waals surface area contributed by atoms with Gasteiger partial charge in [0.25, 0.3) is 0 Å². The summed E-state index contributed by atoms with van der Waals surface area (Å²) in [5.74, 6) is 0. The molecule has 0 heterocycles. The Morgan fingerprint density at radius 3 is 2.25 bits per heavy atom. The minimum Gasteiger partial charge on any atom is -0.384 e. The second-order valence-corrected chi connectivity index (χ2v) is 3.30. The molecule has 0 aliphatic heterocycles. The molecule has 1 rings (SSSR count). The zero-order valence-electron chi connectivity index (χ0n) is 7.49. The molecule has 0 aromatic heterocycles. The lowest BCUT2D eigenvalue weighted by atomic mass is 9.90. The van der Waals surface area contributed by atoms with Gasteiger partial charge in [-0.2, -0.15) is 0 Å². The quantitative estimate of drug-likeness (QED) is 0.692. The van der Waals surface area contributed by atoms with Crippen LogP contribution in [0.4, 0.5) is 0 Å². The van der Waals surface area contributed by atoms with E-state index in [0.717, 1.165) is 5.56 Å². The number of benzene rings is 1. The number of hydrogen-bond acceptors (Lipinski definition) is 2. The smallest absolute Gasteiger partial charge is 0.102 e. The highest BCUT2D eigenvalue weighted by Gasteiger charge is 2.26. The van der Waals surface area contributed by atoms with E-state index < -0.39 is 5.60 Å². The topological polar surface area (TPSA) is 46.2 Å². The van der Waals surface area contributed by atoms with Crippen LogP contribution in [-0.4, -0.2) is 11.1 Å². The number of aliphatic hydroxyl groups is 1. The minimum absolute atomic E-state index is 0.264. The van der Waals surface area contributed by atoms with E-state index in [1.165, 1.54) is 0 Å². The molecule has 0 radical (unpaired) electrons. The van der Waals surface area contributed by atoms with E-state index in [0.29, 0.717) is 0 Å². The van der Waals surface area contributed by atoms with Gasteiger partial charge in [-0.05, 0) is 19.4 Å². The minimum atomic E-state index is -0.929. The highest BCUT2D eigenvalue weighted by Crippen LogP contribution is 2.22. The Morgan fingerprint density at radius 1 is 1.33 bits per heavy atom. The van der Waals surface area contributed by atoms with Gasteiger partial charge >= 0.3 is 0 Å². The average molecular weight is 165 g/mol. The summed E-state index contributed by atoms with van der Waals surface area (Å²) in [4.78, 5) is 0. The summed E-state index contributed by atoms with van der Waals surface area (Å²) in [7, 11) is 0. The fourth-order valence-electron chi connectivity index (χ4n) is 1.04. The van der Waals surface area contributed by atoms with Crippen molar-refractivity contribution in [3.8, 4) is 0 Å². The molecule has 1 aromatic carbocycles. The summed E-state index contributed by atoms with van der Waals surface area (Å²) in [6, 6.07) is 9.20. The van der Waals surface area contributed by atoms with Crippen LogP contribution >= 0.6 is 0 Å². The van der Waals surface area contributed by atoms with Gasteiger partial charge in [0.15, 0.2) is 0 Å². The van der Waals surface area contributed by atoms with E-state index in [1.54, 1.807) is 13.8 Å². The van der Waals surface area contributed by atoms with Gasteiger partial charge in [0.2, 0.25) is 0 Å². The average Bonchev–Trinajstić information content (AvgIpc) is 2.06. The molecule has 2 atom stereocenters. The van der Waals surface area contributed by atoms with E-state index in [2.05, 4.69) is 0 Å². The molecule has 0 bridgehead atoms. The largest absolute Gasteiger partial charge is 0.384 e. The molecule has 2 nitrogen and oxygen atoms in total. The van der Waals surface area contributed by atoms with Crippen molar-refractivity contribution in [1.29, 1.82) is 0 Å². The molecule has 1 aromatic rings. The lowest BCUT2D eigenvalue weighted by molar-refractivity contribution is 0.0349. The maximum atomic E-state index is 9.94. The van der Waals surface area contributed by atoms with Gasteiger partial charge in [-0.3, -0.25) is 0 Å². The maximum Gasteiger partial charge on any atom is 0.102 e. The van der Waals surface area contributed by atoms with Crippen molar-refractivity contribution >= 4 is 0 Å². The summed E-state index contributed by atoms with van der Waals surface area (Å²) < 4.78 is 0. The molecule has 0 aliphatic rings. The van der Waals surface area contributed by atoms with Crippen LogP contribution in [0.15, 0.2) is 30.3 Å². The van der Waals surface area contributed by atoms with Gasteiger partial charge in [-0.25, -0.2) is 0 Å². The summed E-state index contributed by atoms with van der Waals surface area (Å²) in [6.07, 6.45) is 0. The van der Waals surface area contributed by atoms with E-state index in [4.69, 9.17) is 5.73 Å². The Kier molecular flexibility index (Phi) is 2.50. The van der Waals surface area contributed by atoms with E-state index >= 15 is 0 Å². The molecular weight excluding hydrogens is 150 g/mol. The highest BCUT2D eigenvalue weighted by atomic mass is 16.3. The van der Waals surface area contributed by atoms with Crippen molar-refractivity contribution in [2.75, 3.05) is 0 Å². The van der Waals surface area contributed by atoms with E-state index in [1.807, 2.05) is 30.3 Å². The fourth-order valence-corrected chi connectivity index (χ4v) is 1.04. The SMILES string of the molecule is C[C@@H](N)[C@@](C)(O)c1ccccc1. The van der Waals surface area contributed by atoms with Crippen LogP contribution in [0.5, 0.6) is 0 Å². The van der Waals surface area contributed by atoms with Crippen LogP contribution in [-0.2, 0) is 5.60 Å². The Bertz CT molecular complexity index is 241. The molecule has 3 N–H and O–H groups in total. The third kappa shape index (κ3) is 1.65. The Morgan fingerprint density at radius 2 is 1.83 bits per heavy atom. The van der Waals surface area contributed by atoms with Gasteiger partial charge in [-0.15, -0.1) is 0 Å². The highest BCUT2D eigenvalue weighted by molar-refractivity contribution is 5.22. The monoisotopic (exact) mass is 165 g/mol. The van der Waals surface area contributed by atoms with Crippen molar-refractivity contribution in [2.24, 2.45) is 5.73 Å². The third-order valence-corrected chi connectivity index (χ3v) is 2.24.